The summed E-state index contributed by atoms with van der Waals surface area (Å²) in [6.45, 7) is 3.54. The van der Waals surface area contributed by atoms with E-state index in [2.05, 4.69) is 4.90 Å². The van der Waals surface area contributed by atoms with E-state index < -0.39 is 0 Å². The molecule has 0 atom stereocenters. The highest BCUT2D eigenvalue weighted by Gasteiger charge is 2.25. The van der Waals surface area contributed by atoms with Crippen LogP contribution in [0, 0.1) is 0 Å². The monoisotopic (exact) mass is 177 g/mol. The summed E-state index contributed by atoms with van der Waals surface area (Å²) in [6.07, 6.45) is 0. The molecule has 0 radical (unpaired) electrons. The summed E-state index contributed by atoms with van der Waals surface area (Å²) < 4.78 is 11.1. The Bertz CT molecular complexity index is 309. The van der Waals surface area contributed by atoms with Crippen molar-refractivity contribution in [1.82, 2.24) is 0 Å². The van der Waals surface area contributed by atoms with E-state index in [1.54, 1.807) is 0 Å². The molecule has 2 aliphatic heterocycles. The van der Waals surface area contributed by atoms with E-state index in [9.17, 15) is 0 Å². The van der Waals surface area contributed by atoms with Crippen LogP contribution >= 0.6 is 0 Å². The molecule has 3 nitrogen and oxygen atoms in total. The summed E-state index contributed by atoms with van der Waals surface area (Å²) in [4.78, 5) is 2.33. The first-order valence-corrected chi connectivity index (χ1v) is 4.59. The number of para-hydroxylation sites is 1. The third kappa shape index (κ3) is 0.963. The van der Waals surface area contributed by atoms with Gasteiger partial charge >= 0.3 is 0 Å². The summed E-state index contributed by atoms with van der Waals surface area (Å²) in [5, 5.41) is 0. The minimum atomic E-state index is 0.788. The molecule has 0 bridgehead atoms. The highest BCUT2D eigenvalue weighted by Crippen LogP contribution is 2.41. The zero-order valence-electron chi connectivity index (χ0n) is 7.32. The summed E-state index contributed by atoms with van der Waals surface area (Å²) in [5.74, 6) is 1.92. The molecule has 68 valence electrons. The Morgan fingerprint density at radius 1 is 1.00 bits per heavy atom. The van der Waals surface area contributed by atoms with Crippen molar-refractivity contribution in [3.8, 4) is 11.5 Å². The largest absolute Gasteiger partial charge is 0.489 e. The molecule has 2 heterocycles. The molecular weight excluding hydrogens is 166 g/mol. The lowest BCUT2D eigenvalue weighted by molar-refractivity contribution is 0.263. The lowest BCUT2D eigenvalue weighted by Crippen LogP contribution is -2.38. The Morgan fingerprint density at radius 2 is 1.62 bits per heavy atom. The van der Waals surface area contributed by atoms with Crippen LogP contribution in [0.25, 0.3) is 0 Å². The van der Waals surface area contributed by atoms with Crippen molar-refractivity contribution >= 4 is 5.69 Å². The summed E-state index contributed by atoms with van der Waals surface area (Å²) >= 11 is 0. The van der Waals surface area contributed by atoms with E-state index >= 15 is 0 Å². The van der Waals surface area contributed by atoms with Gasteiger partial charge in [-0.2, -0.15) is 0 Å². The predicted molar refractivity (Wildman–Crippen MR) is 49.6 cm³/mol. The van der Waals surface area contributed by atoms with Crippen molar-refractivity contribution < 1.29 is 9.47 Å². The van der Waals surface area contributed by atoms with Gasteiger partial charge in [-0.1, -0.05) is 6.07 Å². The maximum atomic E-state index is 5.55. The van der Waals surface area contributed by atoms with Gasteiger partial charge < -0.3 is 14.4 Å². The average Bonchev–Trinajstić information content (AvgIpc) is 2.19. The number of ether oxygens (including phenoxy) is 2. The Morgan fingerprint density at radius 3 is 2.23 bits per heavy atom. The molecule has 0 unspecified atom stereocenters. The van der Waals surface area contributed by atoms with Gasteiger partial charge in [0.2, 0.25) is 0 Å². The van der Waals surface area contributed by atoms with E-state index in [1.807, 2.05) is 18.2 Å². The second-order valence-electron chi connectivity index (χ2n) is 3.29. The second-order valence-corrected chi connectivity index (χ2v) is 3.29. The standard InChI is InChI=1S/C10H11NO2/c1-2-8-10-9(3-1)13-7-5-11(10)4-6-12-8/h1-3H,4-7H2. The quantitative estimate of drug-likeness (QED) is 0.595. The van der Waals surface area contributed by atoms with Crippen LogP contribution in [-0.2, 0) is 0 Å². The van der Waals surface area contributed by atoms with Gasteiger partial charge in [-0.25, -0.2) is 0 Å². The third-order valence-electron chi connectivity index (χ3n) is 2.52. The molecule has 0 aromatic heterocycles. The van der Waals surface area contributed by atoms with Crippen LogP contribution in [0.4, 0.5) is 5.69 Å². The van der Waals surface area contributed by atoms with Gasteiger partial charge in [0.05, 0.1) is 13.1 Å². The molecule has 0 saturated carbocycles. The molecule has 1 aromatic rings. The highest BCUT2D eigenvalue weighted by atomic mass is 16.5. The van der Waals surface area contributed by atoms with Crippen LogP contribution in [-0.4, -0.2) is 26.3 Å². The van der Waals surface area contributed by atoms with Gasteiger partial charge in [-0.15, -0.1) is 0 Å². The minimum Gasteiger partial charge on any atom is -0.489 e. The summed E-state index contributed by atoms with van der Waals surface area (Å²) in [5.41, 5.74) is 1.14. The van der Waals surface area contributed by atoms with Gasteiger partial charge in [0, 0.05) is 0 Å². The molecule has 0 saturated heterocycles. The van der Waals surface area contributed by atoms with Crippen molar-refractivity contribution in [2.45, 2.75) is 0 Å². The van der Waals surface area contributed by atoms with Crippen LogP contribution < -0.4 is 14.4 Å². The molecule has 1 aromatic carbocycles. The zero-order chi connectivity index (χ0) is 8.67. The lowest BCUT2D eigenvalue weighted by atomic mass is 10.2. The first kappa shape index (κ1) is 7.06. The van der Waals surface area contributed by atoms with Crippen LogP contribution in [0.5, 0.6) is 11.5 Å². The number of hydrogen-bond acceptors (Lipinski definition) is 3. The fourth-order valence-corrected chi connectivity index (χ4v) is 1.91. The van der Waals surface area contributed by atoms with E-state index in [0.29, 0.717) is 0 Å². The molecule has 2 aliphatic rings. The molecule has 13 heavy (non-hydrogen) atoms. The van der Waals surface area contributed by atoms with Crippen LogP contribution in [0.2, 0.25) is 0 Å². The number of hydrogen-bond donors (Lipinski definition) is 0. The molecule has 0 aliphatic carbocycles. The molecular formula is C10H11NO2. The number of nitrogens with zero attached hydrogens (tertiary/aromatic N) is 1. The Hall–Kier alpha value is -1.38. The number of rotatable bonds is 0. The number of anilines is 1. The highest BCUT2D eigenvalue weighted by molar-refractivity contribution is 5.69. The Balaban J connectivity index is 2.18. The van der Waals surface area contributed by atoms with E-state index in [0.717, 1.165) is 43.5 Å². The van der Waals surface area contributed by atoms with Crippen molar-refractivity contribution in [2.75, 3.05) is 31.2 Å². The first-order valence-electron chi connectivity index (χ1n) is 4.59. The van der Waals surface area contributed by atoms with Crippen molar-refractivity contribution in [1.29, 1.82) is 0 Å². The fourth-order valence-electron chi connectivity index (χ4n) is 1.91. The third-order valence-corrected chi connectivity index (χ3v) is 2.52. The molecule has 0 amide bonds. The molecule has 3 heteroatoms. The minimum absolute atomic E-state index is 0.788. The fraction of sp³-hybridized carbons (Fsp3) is 0.400. The van der Waals surface area contributed by atoms with E-state index in [-0.39, 0.29) is 0 Å². The van der Waals surface area contributed by atoms with Gasteiger partial charge in [0.1, 0.15) is 30.4 Å². The maximum Gasteiger partial charge on any atom is 0.146 e. The van der Waals surface area contributed by atoms with Crippen LogP contribution in [0.15, 0.2) is 18.2 Å². The van der Waals surface area contributed by atoms with Gasteiger partial charge in [0.25, 0.3) is 0 Å². The topological polar surface area (TPSA) is 21.7 Å². The normalized spacial score (nSPS) is 18.6. The number of benzene rings is 1. The molecule has 3 rings (SSSR count). The molecule has 0 fully saturated rings. The molecule has 0 spiro atoms. The van der Waals surface area contributed by atoms with Gasteiger partial charge in [0.15, 0.2) is 0 Å². The van der Waals surface area contributed by atoms with Crippen molar-refractivity contribution in [2.24, 2.45) is 0 Å². The van der Waals surface area contributed by atoms with Crippen molar-refractivity contribution in [3.05, 3.63) is 18.2 Å². The Kier molecular flexibility index (Phi) is 1.39. The molecule has 0 N–H and O–H groups in total. The summed E-state index contributed by atoms with van der Waals surface area (Å²) in [7, 11) is 0. The van der Waals surface area contributed by atoms with Gasteiger partial charge in [-0.05, 0) is 12.1 Å². The maximum absolute atomic E-state index is 5.55. The summed E-state index contributed by atoms with van der Waals surface area (Å²) in [6, 6.07) is 5.97. The predicted octanol–water partition coefficient (Wildman–Crippen LogP) is 1.28. The van der Waals surface area contributed by atoms with E-state index in [1.165, 1.54) is 0 Å². The second kappa shape index (κ2) is 2.55. The zero-order valence-corrected chi connectivity index (χ0v) is 7.32. The SMILES string of the molecule is c1cc2c3c(c1)OCCN3CCO2. The van der Waals surface area contributed by atoms with Gasteiger partial charge in [-0.3, -0.25) is 0 Å². The first-order chi connectivity index (χ1) is 6.45. The van der Waals surface area contributed by atoms with E-state index in [4.69, 9.17) is 9.47 Å². The van der Waals surface area contributed by atoms with Crippen LogP contribution in [0.1, 0.15) is 0 Å². The van der Waals surface area contributed by atoms with Crippen molar-refractivity contribution in [3.63, 3.8) is 0 Å². The Labute approximate surface area is 76.9 Å². The smallest absolute Gasteiger partial charge is 0.146 e. The van der Waals surface area contributed by atoms with Crippen LogP contribution in [0.3, 0.4) is 0 Å². The lowest BCUT2D eigenvalue weighted by Gasteiger charge is -2.35. The average molecular weight is 177 g/mol.